The maximum absolute atomic E-state index is 14.3. The number of rotatable bonds is 11. The van der Waals surface area contributed by atoms with Crippen molar-refractivity contribution in [3.05, 3.63) is 58.5 Å². The average molecular weight is 526 g/mol. The molecule has 8 heteroatoms. The van der Waals surface area contributed by atoms with E-state index in [1.54, 1.807) is 6.07 Å². The zero-order valence-electron chi connectivity index (χ0n) is 22.2. The summed E-state index contributed by atoms with van der Waals surface area (Å²) in [5.41, 5.74) is 3.77. The molecule has 0 radical (unpaired) electrons. The van der Waals surface area contributed by atoms with E-state index >= 15 is 0 Å². The number of anilines is 1. The molecule has 2 N–H and O–H groups in total. The summed E-state index contributed by atoms with van der Waals surface area (Å²) in [5.74, 6) is -0.321. The number of nitrogens with zero attached hydrogens (tertiary/aromatic N) is 2. The number of nitrogens with one attached hydrogen (secondary N) is 1. The fraction of sp³-hybridized carbons (Fsp3) is 0.600. The number of fused-ring (bicyclic) bond motifs is 1. The Kier molecular flexibility index (Phi) is 9.25. The van der Waals surface area contributed by atoms with Crippen molar-refractivity contribution in [3.8, 4) is 0 Å². The minimum Gasteiger partial charge on any atom is -0.480 e. The van der Waals surface area contributed by atoms with E-state index in [1.165, 1.54) is 24.1 Å². The number of carboxylic acids is 1. The van der Waals surface area contributed by atoms with Gasteiger partial charge in [-0.1, -0.05) is 18.6 Å². The highest BCUT2D eigenvalue weighted by atomic mass is 19.1. The maximum Gasteiger partial charge on any atom is 0.325 e. The zero-order valence-corrected chi connectivity index (χ0v) is 22.2. The van der Waals surface area contributed by atoms with Crippen molar-refractivity contribution in [3.63, 3.8) is 0 Å². The molecule has 4 heterocycles. The molecule has 1 unspecified atom stereocenters. The van der Waals surface area contributed by atoms with E-state index in [4.69, 9.17) is 14.5 Å². The van der Waals surface area contributed by atoms with E-state index in [0.717, 1.165) is 81.4 Å². The van der Waals surface area contributed by atoms with Gasteiger partial charge in [0.1, 0.15) is 17.7 Å². The van der Waals surface area contributed by atoms with Crippen molar-refractivity contribution in [2.45, 2.75) is 82.5 Å². The number of benzene rings is 1. The number of hydrogen-bond acceptors (Lipinski definition) is 6. The fourth-order valence-corrected chi connectivity index (χ4v) is 6.02. The first-order valence-corrected chi connectivity index (χ1v) is 14.3. The minimum absolute atomic E-state index is 0.00632. The van der Waals surface area contributed by atoms with Crippen LogP contribution in [0.1, 0.15) is 85.9 Å². The highest BCUT2D eigenvalue weighted by Crippen LogP contribution is 2.36. The Morgan fingerprint density at radius 3 is 2.95 bits per heavy atom. The Labute approximate surface area is 224 Å². The third-order valence-electron chi connectivity index (χ3n) is 8.03. The van der Waals surface area contributed by atoms with E-state index in [-0.39, 0.29) is 12.2 Å². The number of hydrogen-bond donors (Lipinski definition) is 2. The zero-order chi connectivity index (χ0) is 26.3. The van der Waals surface area contributed by atoms with Crippen LogP contribution in [0, 0.1) is 5.82 Å². The van der Waals surface area contributed by atoms with Crippen LogP contribution in [0.5, 0.6) is 0 Å². The molecular formula is C30H40FN3O4. The van der Waals surface area contributed by atoms with Gasteiger partial charge in [-0.15, -0.1) is 0 Å². The van der Waals surface area contributed by atoms with Crippen molar-refractivity contribution >= 4 is 11.8 Å². The minimum atomic E-state index is -0.959. The second-order valence-corrected chi connectivity index (χ2v) is 10.8. The van der Waals surface area contributed by atoms with Gasteiger partial charge in [0.05, 0.1) is 12.2 Å². The van der Waals surface area contributed by atoms with Gasteiger partial charge in [-0.25, -0.2) is 9.37 Å². The van der Waals surface area contributed by atoms with E-state index in [0.29, 0.717) is 31.9 Å². The van der Waals surface area contributed by atoms with Crippen LogP contribution in [-0.4, -0.2) is 59.9 Å². The largest absolute Gasteiger partial charge is 0.480 e. The Morgan fingerprint density at radius 2 is 2.11 bits per heavy atom. The lowest BCUT2D eigenvalue weighted by atomic mass is 9.92. The number of carbonyl (C=O) groups is 1. The molecule has 0 saturated carbocycles. The number of carboxylic acid groups (broad SMARTS) is 1. The topological polar surface area (TPSA) is 83.9 Å². The molecule has 1 aromatic carbocycles. The standard InChI is InChI=1S/C30H40FN3O4/c31-22-11-13-25(27-9-3-5-18-38-27)26(19-22)28(30(35)36)34-16-14-24(20-34)37-17-4-1-2-8-23-12-10-21-7-6-15-32-29(21)33-23/h10-13,19,24,27-28H,1-9,14-18,20H2,(H,32,33)(H,35,36)/t24-,27-,28?/m1/s1. The van der Waals surface area contributed by atoms with Crippen molar-refractivity contribution in [1.82, 2.24) is 9.88 Å². The molecule has 2 fully saturated rings. The van der Waals surface area contributed by atoms with E-state index in [2.05, 4.69) is 17.4 Å². The van der Waals surface area contributed by atoms with Gasteiger partial charge < -0.3 is 19.9 Å². The summed E-state index contributed by atoms with van der Waals surface area (Å²) in [5, 5.41) is 13.6. The lowest BCUT2D eigenvalue weighted by molar-refractivity contribution is -0.143. The molecule has 7 nitrogen and oxygen atoms in total. The average Bonchev–Trinajstić information content (AvgIpc) is 3.39. The molecule has 206 valence electrons. The molecule has 0 spiro atoms. The summed E-state index contributed by atoms with van der Waals surface area (Å²) in [6, 6.07) is 7.95. The highest BCUT2D eigenvalue weighted by Gasteiger charge is 2.36. The third kappa shape index (κ3) is 6.71. The van der Waals surface area contributed by atoms with Crippen molar-refractivity contribution < 1.29 is 23.8 Å². The summed E-state index contributed by atoms with van der Waals surface area (Å²) in [6.45, 7) is 3.47. The Hall–Kier alpha value is -2.55. The van der Waals surface area contributed by atoms with Gasteiger partial charge >= 0.3 is 5.97 Å². The number of likely N-dealkylation sites (tertiary alicyclic amines) is 1. The molecule has 2 saturated heterocycles. The van der Waals surface area contributed by atoms with Gasteiger partial charge in [0.25, 0.3) is 0 Å². The van der Waals surface area contributed by atoms with E-state index in [1.807, 2.05) is 4.90 Å². The Morgan fingerprint density at radius 1 is 1.18 bits per heavy atom. The van der Waals surface area contributed by atoms with Crippen LogP contribution in [0.15, 0.2) is 30.3 Å². The number of unbranched alkanes of at least 4 members (excludes halogenated alkanes) is 2. The first kappa shape index (κ1) is 27.0. The number of aliphatic carboxylic acids is 1. The van der Waals surface area contributed by atoms with Gasteiger partial charge in [0.15, 0.2) is 0 Å². The lowest BCUT2D eigenvalue weighted by Crippen LogP contribution is -2.34. The van der Waals surface area contributed by atoms with E-state index < -0.39 is 17.8 Å². The Bertz CT molecular complexity index is 1090. The molecule has 38 heavy (non-hydrogen) atoms. The molecule has 1 aromatic heterocycles. The van der Waals surface area contributed by atoms with Crippen LogP contribution in [0.2, 0.25) is 0 Å². The molecule has 3 aliphatic heterocycles. The van der Waals surface area contributed by atoms with Gasteiger partial charge in [0.2, 0.25) is 0 Å². The molecule has 0 amide bonds. The normalized spacial score (nSPS) is 22.6. The van der Waals surface area contributed by atoms with Gasteiger partial charge in [0, 0.05) is 38.5 Å². The number of aryl methyl sites for hydroxylation is 2. The SMILES string of the molecule is O=C(O)C(c1cc(F)ccc1[C@H]1CCCCO1)N1CC[C@@H](OCCCCCc2ccc3c(n2)NCCC3)C1. The molecule has 2 aromatic rings. The molecule has 0 bridgehead atoms. The molecule has 3 atom stereocenters. The van der Waals surface area contributed by atoms with Crippen LogP contribution in [-0.2, 0) is 27.1 Å². The third-order valence-corrected chi connectivity index (χ3v) is 8.03. The van der Waals surface area contributed by atoms with Crippen molar-refractivity contribution in [1.29, 1.82) is 0 Å². The predicted octanol–water partition coefficient (Wildman–Crippen LogP) is 5.45. The summed E-state index contributed by atoms with van der Waals surface area (Å²) < 4.78 is 26.3. The van der Waals surface area contributed by atoms with Gasteiger partial charge in [-0.3, -0.25) is 9.69 Å². The highest BCUT2D eigenvalue weighted by molar-refractivity contribution is 5.76. The first-order valence-electron chi connectivity index (χ1n) is 14.3. The second kappa shape index (κ2) is 13.0. The quantitative estimate of drug-likeness (QED) is 0.378. The monoisotopic (exact) mass is 525 g/mol. The van der Waals surface area contributed by atoms with Crippen LogP contribution in [0.3, 0.4) is 0 Å². The smallest absolute Gasteiger partial charge is 0.325 e. The van der Waals surface area contributed by atoms with Crippen molar-refractivity contribution in [2.24, 2.45) is 0 Å². The lowest BCUT2D eigenvalue weighted by Gasteiger charge is -2.30. The fourth-order valence-electron chi connectivity index (χ4n) is 6.02. The number of halogens is 1. The van der Waals surface area contributed by atoms with Gasteiger partial charge in [-0.2, -0.15) is 0 Å². The number of ether oxygens (including phenoxy) is 2. The number of pyridine rings is 1. The molecular weight excluding hydrogens is 485 g/mol. The van der Waals surface area contributed by atoms with Crippen molar-refractivity contribution in [2.75, 3.05) is 38.2 Å². The maximum atomic E-state index is 14.3. The predicted molar refractivity (Wildman–Crippen MR) is 144 cm³/mol. The van der Waals surface area contributed by atoms with Gasteiger partial charge in [-0.05, 0) is 92.7 Å². The van der Waals surface area contributed by atoms with Crippen LogP contribution in [0.4, 0.5) is 10.2 Å². The van der Waals surface area contributed by atoms with Crippen LogP contribution in [0.25, 0.3) is 0 Å². The van der Waals surface area contributed by atoms with E-state index in [9.17, 15) is 14.3 Å². The molecule has 3 aliphatic rings. The summed E-state index contributed by atoms with van der Waals surface area (Å²) in [4.78, 5) is 19.1. The summed E-state index contributed by atoms with van der Waals surface area (Å²) >= 11 is 0. The van der Waals surface area contributed by atoms with Crippen LogP contribution < -0.4 is 5.32 Å². The summed E-state index contributed by atoms with van der Waals surface area (Å²) in [6.07, 6.45) is 9.80. The second-order valence-electron chi connectivity index (χ2n) is 10.8. The van der Waals surface area contributed by atoms with Crippen LogP contribution >= 0.6 is 0 Å². The first-order chi connectivity index (χ1) is 18.6. The molecule has 0 aliphatic carbocycles. The molecule has 5 rings (SSSR count). The number of aromatic nitrogens is 1. The Balaban J connectivity index is 1.09. The summed E-state index contributed by atoms with van der Waals surface area (Å²) in [7, 11) is 0.